The topological polar surface area (TPSA) is 9.23 Å². The quantitative estimate of drug-likeness (QED) is 0.725. The van der Waals surface area contributed by atoms with Crippen LogP contribution in [0.15, 0.2) is 47.4 Å². The van der Waals surface area contributed by atoms with Gasteiger partial charge in [-0.05, 0) is 16.8 Å². The molecule has 0 heterocycles. The summed E-state index contributed by atoms with van der Waals surface area (Å²) in [6, 6.07) is 12.3. The predicted octanol–water partition coefficient (Wildman–Crippen LogP) is 4.38. The molecule has 0 aliphatic rings. The lowest BCUT2D eigenvalue weighted by molar-refractivity contribution is -0.266. The Morgan fingerprint density at radius 1 is 0.938 bits per heavy atom. The number of alkyl halides is 3. The summed E-state index contributed by atoms with van der Waals surface area (Å²) < 4.78 is 39.4. The number of hydrogen-bond acceptors (Lipinski definition) is 2. The van der Waals surface area contributed by atoms with Gasteiger partial charge in [-0.1, -0.05) is 36.4 Å². The van der Waals surface area contributed by atoms with Crippen molar-refractivity contribution in [1.29, 1.82) is 0 Å². The van der Waals surface area contributed by atoms with Crippen molar-refractivity contribution >= 4 is 22.8 Å². The van der Waals surface area contributed by atoms with Crippen LogP contribution >= 0.6 is 12.0 Å². The smallest absolute Gasteiger partial charge is 0.215 e. The van der Waals surface area contributed by atoms with Gasteiger partial charge >= 0.3 is 6.36 Å². The van der Waals surface area contributed by atoms with Crippen LogP contribution in [0.4, 0.5) is 13.2 Å². The molecule has 0 saturated heterocycles. The standard InChI is InChI=1S/C11H7F3OS/c12-11(13,14)15-16-10-7-3-5-8-4-1-2-6-9(8)10/h1-7H. The lowest BCUT2D eigenvalue weighted by Crippen LogP contribution is -2.07. The Hall–Kier alpha value is -1.20. The number of benzene rings is 2. The summed E-state index contributed by atoms with van der Waals surface area (Å²) in [4.78, 5) is 0.454. The monoisotopic (exact) mass is 244 g/mol. The minimum absolute atomic E-state index is 0.332. The zero-order valence-electron chi connectivity index (χ0n) is 7.99. The van der Waals surface area contributed by atoms with Gasteiger partial charge in [0.1, 0.15) is 0 Å². The van der Waals surface area contributed by atoms with E-state index < -0.39 is 6.36 Å². The highest BCUT2D eigenvalue weighted by Crippen LogP contribution is 2.33. The van der Waals surface area contributed by atoms with Crippen LogP contribution in [0.5, 0.6) is 0 Å². The van der Waals surface area contributed by atoms with Gasteiger partial charge in [0.15, 0.2) is 0 Å². The van der Waals surface area contributed by atoms with Gasteiger partial charge in [0, 0.05) is 16.9 Å². The third-order valence-electron chi connectivity index (χ3n) is 1.98. The normalized spacial score (nSPS) is 11.9. The maximum absolute atomic E-state index is 11.9. The lowest BCUT2D eigenvalue weighted by atomic mass is 10.1. The third-order valence-corrected chi connectivity index (χ3v) is 2.78. The summed E-state index contributed by atoms with van der Waals surface area (Å²) in [5, 5.41) is 1.64. The largest absolute Gasteiger partial charge is 0.533 e. The molecule has 0 fully saturated rings. The fourth-order valence-corrected chi connectivity index (χ4v) is 1.95. The average molecular weight is 244 g/mol. The molecule has 0 bridgehead atoms. The predicted molar refractivity (Wildman–Crippen MR) is 56.9 cm³/mol. The van der Waals surface area contributed by atoms with Gasteiger partial charge in [-0.3, -0.25) is 0 Å². The molecule has 2 aromatic rings. The minimum Gasteiger partial charge on any atom is -0.215 e. The second kappa shape index (κ2) is 4.35. The molecule has 2 aromatic carbocycles. The molecule has 0 aromatic heterocycles. The van der Waals surface area contributed by atoms with E-state index in [2.05, 4.69) is 4.18 Å². The van der Waals surface area contributed by atoms with Crippen molar-refractivity contribution in [3.8, 4) is 0 Å². The molecule has 0 N–H and O–H groups in total. The maximum Gasteiger partial charge on any atom is 0.533 e. The van der Waals surface area contributed by atoms with Crippen LogP contribution in [0, 0.1) is 0 Å². The first kappa shape index (κ1) is 11.3. The van der Waals surface area contributed by atoms with E-state index >= 15 is 0 Å². The Morgan fingerprint density at radius 3 is 2.38 bits per heavy atom. The van der Waals surface area contributed by atoms with Crippen LogP contribution in [-0.2, 0) is 4.18 Å². The molecule has 0 radical (unpaired) electrons. The van der Waals surface area contributed by atoms with Crippen molar-refractivity contribution < 1.29 is 17.4 Å². The third kappa shape index (κ3) is 2.68. The van der Waals surface area contributed by atoms with Gasteiger partial charge in [-0.25, -0.2) is 4.18 Å². The molecule has 2 rings (SSSR count). The lowest BCUT2D eigenvalue weighted by Gasteiger charge is -2.07. The molecule has 16 heavy (non-hydrogen) atoms. The van der Waals surface area contributed by atoms with Crippen LogP contribution in [0.25, 0.3) is 10.8 Å². The molecule has 0 aliphatic heterocycles. The number of fused-ring (bicyclic) bond motifs is 1. The minimum atomic E-state index is -4.62. The average Bonchev–Trinajstić information content (AvgIpc) is 2.25. The molecule has 1 nitrogen and oxygen atoms in total. The molecule has 0 amide bonds. The Morgan fingerprint density at radius 2 is 1.62 bits per heavy atom. The molecule has 0 spiro atoms. The fourth-order valence-electron chi connectivity index (χ4n) is 1.36. The van der Waals surface area contributed by atoms with E-state index in [0.29, 0.717) is 16.9 Å². The van der Waals surface area contributed by atoms with Gasteiger partial charge in [-0.2, -0.15) is 0 Å². The van der Waals surface area contributed by atoms with E-state index in [-0.39, 0.29) is 0 Å². The van der Waals surface area contributed by atoms with Crippen LogP contribution < -0.4 is 0 Å². The molecule has 5 heteroatoms. The van der Waals surface area contributed by atoms with Crippen LogP contribution in [-0.4, -0.2) is 6.36 Å². The first-order chi connectivity index (χ1) is 7.56. The van der Waals surface area contributed by atoms with Crippen molar-refractivity contribution in [2.24, 2.45) is 0 Å². The highest BCUT2D eigenvalue weighted by atomic mass is 32.2. The van der Waals surface area contributed by atoms with Crippen LogP contribution in [0.2, 0.25) is 0 Å². The van der Waals surface area contributed by atoms with E-state index in [1.165, 1.54) is 0 Å². The van der Waals surface area contributed by atoms with Gasteiger partial charge < -0.3 is 0 Å². The second-order valence-corrected chi connectivity index (χ2v) is 3.86. The molecule has 0 aliphatic carbocycles. The summed E-state index contributed by atoms with van der Waals surface area (Å²) in [5.74, 6) is 0. The molecule has 84 valence electrons. The van der Waals surface area contributed by atoms with Crippen LogP contribution in [0.3, 0.4) is 0 Å². The summed E-state index contributed by atoms with van der Waals surface area (Å²) >= 11 is 0.332. The van der Waals surface area contributed by atoms with Crippen molar-refractivity contribution in [2.45, 2.75) is 11.3 Å². The van der Waals surface area contributed by atoms with E-state index in [4.69, 9.17) is 0 Å². The summed E-state index contributed by atoms with van der Waals surface area (Å²) in [6.45, 7) is 0. The Kier molecular flexibility index (Phi) is 3.07. The zero-order chi connectivity index (χ0) is 11.6. The van der Waals surface area contributed by atoms with Crippen molar-refractivity contribution in [2.75, 3.05) is 0 Å². The molecule has 0 unspecified atom stereocenters. The van der Waals surface area contributed by atoms with E-state index in [1.807, 2.05) is 18.2 Å². The van der Waals surface area contributed by atoms with Crippen molar-refractivity contribution in [3.63, 3.8) is 0 Å². The van der Waals surface area contributed by atoms with Gasteiger partial charge in [-0.15, -0.1) is 13.2 Å². The molecule has 0 atom stereocenters. The van der Waals surface area contributed by atoms with E-state index in [0.717, 1.165) is 10.8 Å². The van der Waals surface area contributed by atoms with Gasteiger partial charge in [0.05, 0.1) is 0 Å². The Labute approximate surface area is 94.4 Å². The second-order valence-electron chi connectivity index (χ2n) is 3.09. The van der Waals surface area contributed by atoms with E-state index in [1.54, 1.807) is 24.3 Å². The molecule has 0 saturated carbocycles. The highest BCUT2D eigenvalue weighted by molar-refractivity contribution is 7.95. The van der Waals surface area contributed by atoms with E-state index in [9.17, 15) is 13.2 Å². The number of halogens is 3. The van der Waals surface area contributed by atoms with Gasteiger partial charge in [0.25, 0.3) is 0 Å². The molecular weight excluding hydrogens is 237 g/mol. The SMILES string of the molecule is FC(F)(F)OSc1cccc2ccccc12. The van der Waals surface area contributed by atoms with Crippen molar-refractivity contribution in [1.82, 2.24) is 0 Å². The number of rotatable bonds is 2. The number of hydrogen-bond donors (Lipinski definition) is 0. The highest BCUT2D eigenvalue weighted by Gasteiger charge is 2.30. The zero-order valence-corrected chi connectivity index (χ0v) is 8.81. The van der Waals surface area contributed by atoms with Crippen molar-refractivity contribution in [3.05, 3.63) is 42.5 Å². The molecular formula is C11H7F3OS. The maximum atomic E-state index is 11.9. The van der Waals surface area contributed by atoms with Crippen LogP contribution in [0.1, 0.15) is 0 Å². The summed E-state index contributed by atoms with van der Waals surface area (Å²) in [7, 11) is 0. The fraction of sp³-hybridized carbons (Fsp3) is 0.0909. The summed E-state index contributed by atoms with van der Waals surface area (Å²) in [5.41, 5.74) is 0. The summed E-state index contributed by atoms with van der Waals surface area (Å²) in [6.07, 6.45) is -4.62. The Bertz CT molecular complexity index is 491. The first-order valence-corrected chi connectivity index (χ1v) is 5.20. The Balaban J connectivity index is 2.30. The van der Waals surface area contributed by atoms with Gasteiger partial charge in [0.2, 0.25) is 0 Å². The first-order valence-electron chi connectivity index (χ1n) is 4.46.